The van der Waals surface area contributed by atoms with Crippen LogP contribution >= 0.6 is 24.4 Å². The third-order valence-electron chi connectivity index (χ3n) is 4.10. The molecule has 0 saturated heterocycles. The van der Waals surface area contributed by atoms with Crippen LogP contribution in [0.3, 0.4) is 0 Å². The lowest BCUT2D eigenvalue weighted by molar-refractivity contribution is 0.0947. The molecular weight excluding hydrogens is 326 g/mol. The molecular formula is C17H19N3OS2. The van der Waals surface area contributed by atoms with E-state index < -0.39 is 5.60 Å². The molecule has 0 atom stereocenters. The Balaban J connectivity index is 2.13. The van der Waals surface area contributed by atoms with Crippen molar-refractivity contribution in [2.45, 2.75) is 32.9 Å². The summed E-state index contributed by atoms with van der Waals surface area (Å²) in [7, 11) is 0. The molecule has 23 heavy (non-hydrogen) atoms. The summed E-state index contributed by atoms with van der Waals surface area (Å²) in [5.41, 5.74) is 10.5. The average molecular weight is 345 g/mol. The molecule has 1 aromatic carbocycles. The summed E-state index contributed by atoms with van der Waals surface area (Å²) in [6, 6.07) is 10.3. The smallest absolute Gasteiger partial charge is 0.262 e. The number of thiocarbonyl (C=S) groups is 2. The van der Waals surface area contributed by atoms with Crippen LogP contribution in [0, 0.1) is 0 Å². The topological polar surface area (TPSA) is 52.2 Å². The van der Waals surface area contributed by atoms with Crippen LogP contribution in [-0.4, -0.2) is 14.7 Å². The minimum atomic E-state index is -0.469. The summed E-state index contributed by atoms with van der Waals surface area (Å²) in [6.45, 7) is 6.91. The van der Waals surface area contributed by atoms with Crippen molar-refractivity contribution < 1.29 is 4.74 Å². The molecule has 2 heterocycles. The van der Waals surface area contributed by atoms with Gasteiger partial charge in [-0.2, -0.15) is 0 Å². The number of nitrogens with one attached hydrogen (secondary N) is 1. The molecule has 1 aliphatic rings. The summed E-state index contributed by atoms with van der Waals surface area (Å²) in [4.78, 5) is 0.409. The second-order valence-corrected chi connectivity index (χ2v) is 6.81. The van der Waals surface area contributed by atoms with Gasteiger partial charge in [0.25, 0.3) is 5.17 Å². The normalized spacial score (nSPS) is 15.5. The zero-order valence-electron chi connectivity index (χ0n) is 13.3. The van der Waals surface area contributed by atoms with Crippen molar-refractivity contribution in [3.05, 3.63) is 41.6 Å². The highest BCUT2D eigenvalue weighted by molar-refractivity contribution is 7.80. The molecule has 0 unspecified atom stereocenters. The lowest BCUT2D eigenvalue weighted by atomic mass is 9.92. The maximum absolute atomic E-state index is 5.82. The highest BCUT2D eigenvalue weighted by Crippen LogP contribution is 2.38. The van der Waals surface area contributed by atoms with E-state index in [1.807, 2.05) is 26.0 Å². The Kier molecular flexibility index (Phi) is 3.90. The van der Waals surface area contributed by atoms with E-state index in [9.17, 15) is 0 Å². The zero-order chi connectivity index (χ0) is 16.8. The molecule has 4 nitrogen and oxygen atoms in total. The fraction of sp³-hybridized carbons (Fsp3) is 0.294. The molecule has 2 aromatic rings. The van der Waals surface area contributed by atoms with Crippen LogP contribution in [-0.2, 0) is 16.9 Å². The third kappa shape index (κ3) is 2.72. The monoisotopic (exact) mass is 345 g/mol. The summed E-state index contributed by atoms with van der Waals surface area (Å²) in [5.74, 6) is 0. The van der Waals surface area contributed by atoms with Crippen LogP contribution < -0.4 is 11.1 Å². The van der Waals surface area contributed by atoms with Gasteiger partial charge in [0.2, 0.25) is 0 Å². The predicted octanol–water partition coefficient (Wildman–Crippen LogP) is 3.77. The van der Waals surface area contributed by atoms with Gasteiger partial charge in [-0.1, -0.05) is 18.3 Å². The van der Waals surface area contributed by atoms with Gasteiger partial charge in [-0.25, -0.2) is 0 Å². The SMILES string of the molecule is CCn1c(C(N)=S)ccc1-c1ccc2c(c1)C(C)(C)OC(=S)N2. The molecule has 0 fully saturated rings. The number of rotatable bonds is 3. The van der Waals surface area contributed by atoms with Gasteiger partial charge in [0.1, 0.15) is 10.6 Å². The fourth-order valence-electron chi connectivity index (χ4n) is 3.01. The first kappa shape index (κ1) is 16.0. The highest BCUT2D eigenvalue weighted by atomic mass is 32.1. The Hall–Kier alpha value is -1.92. The maximum Gasteiger partial charge on any atom is 0.262 e. The Bertz CT molecular complexity index is 808. The number of nitrogens with two attached hydrogens (primary N) is 1. The van der Waals surface area contributed by atoms with E-state index in [1.165, 1.54) is 0 Å². The predicted molar refractivity (Wildman–Crippen MR) is 102 cm³/mol. The number of ether oxygens (including phenoxy) is 1. The zero-order valence-corrected chi connectivity index (χ0v) is 15.0. The number of nitrogens with zero attached hydrogens (tertiary/aromatic N) is 1. The van der Waals surface area contributed by atoms with E-state index in [4.69, 9.17) is 34.9 Å². The molecule has 0 amide bonds. The first-order valence-corrected chi connectivity index (χ1v) is 8.29. The van der Waals surface area contributed by atoms with Gasteiger partial charge in [-0.3, -0.25) is 0 Å². The molecule has 0 bridgehead atoms. The van der Waals surface area contributed by atoms with Gasteiger partial charge in [-0.15, -0.1) is 0 Å². The Labute approximate surface area is 146 Å². The van der Waals surface area contributed by atoms with Gasteiger partial charge in [0.15, 0.2) is 0 Å². The van der Waals surface area contributed by atoms with Crippen molar-refractivity contribution in [2.75, 3.05) is 5.32 Å². The fourth-order valence-corrected chi connectivity index (χ4v) is 3.50. The van der Waals surface area contributed by atoms with Gasteiger partial charge >= 0.3 is 0 Å². The van der Waals surface area contributed by atoms with E-state index >= 15 is 0 Å². The van der Waals surface area contributed by atoms with Gasteiger partial charge in [0.05, 0.1) is 5.69 Å². The first-order valence-electron chi connectivity index (χ1n) is 7.47. The number of hydrogen-bond donors (Lipinski definition) is 2. The second kappa shape index (κ2) is 5.62. The number of anilines is 1. The molecule has 1 aromatic heterocycles. The second-order valence-electron chi connectivity index (χ2n) is 6.00. The van der Waals surface area contributed by atoms with E-state index in [2.05, 4.69) is 35.0 Å². The average Bonchev–Trinajstić information content (AvgIpc) is 2.90. The van der Waals surface area contributed by atoms with Crippen molar-refractivity contribution in [2.24, 2.45) is 5.73 Å². The first-order chi connectivity index (χ1) is 10.8. The van der Waals surface area contributed by atoms with Crippen molar-refractivity contribution >= 4 is 40.3 Å². The summed E-state index contributed by atoms with van der Waals surface area (Å²) < 4.78 is 7.89. The molecule has 0 saturated carbocycles. The molecule has 1 aliphatic heterocycles. The van der Waals surface area contributed by atoms with Crippen LogP contribution in [0.4, 0.5) is 5.69 Å². The van der Waals surface area contributed by atoms with Crippen molar-refractivity contribution in [3.63, 3.8) is 0 Å². The van der Waals surface area contributed by atoms with Crippen molar-refractivity contribution in [3.8, 4) is 11.3 Å². The summed E-state index contributed by atoms with van der Waals surface area (Å²) >= 11 is 10.3. The number of aromatic nitrogens is 1. The van der Waals surface area contributed by atoms with E-state index in [0.29, 0.717) is 10.2 Å². The number of benzene rings is 1. The highest BCUT2D eigenvalue weighted by Gasteiger charge is 2.32. The van der Waals surface area contributed by atoms with Gasteiger partial charge in [0, 0.05) is 23.5 Å². The van der Waals surface area contributed by atoms with Crippen molar-refractivity contribution in [1.82, 2.24) is 4.57 Å². The molecule has 120 valence electrons. The van der Waals surface area contributed by atoms with Crippen molar-refractivity contribution in [1.29, 1.82) is 0 Å². The third-order valence-corrected chi connectivity index (χ3v) is 4.49. The lowest BCUT2D eigenvalue weighted by Gasteiger charge is -2.34. The molecule has 6 heteroatoms. The minimum Gasteiger partial charge on any atom is -0.460 e. The van der Waals surface area contributed by atoms with Crippen LogP contribution in [0.1, 0.15) is 32.0 Å². The molecule has 3 N–H and O–H groups in total. The van der Waals surface area contributed by atoms with Gasteiger partial charge in [-0.05, 0) is 62.8 Å². The van der Waals surface area contributed by atoms with Gasteiger partial charge < -0.3 is 20.4 Å². The summed E-state index contributed by atoms with van der Waals surface area (Å²) in [6.07, 6.45) is 0. The standard InChI is InChI=1S/C17H19N3OS2/c1-4-20-13(7-8-14(20)15(18)22)10-5-6-12-11(9-10)17(2,3)21-16(23)19-12/h5-9H,4H2,1-3H3,(H2,18,22)(H,19,23). The van der Waals surface area contributed by atoms with E-state index in [0.717, 1.165) is 34.7 Å². The molecule has 0 spiro atoms. The largest absolute Gasteiger partial charge is 0.460 e. The quantitative estimate of drug-likeness (QED) is 0.829. The summed E-state index contributed by atoms with van der Waals surface area (Å²) in [5, 5.41) is 3.51. The Morgan fingerprint density at radius 1 is 1.30 bits per heavy atom. The Morgan fingerprint density at radius 3 is 2.70 bits per heavy atom. The Morgan fingerprint density at radius 2 is 2.04 bits per heavy atom. The lowest BCUT2D eigenvalue weighted by Crippen LogP contribution is -2.34. The van der Waals surface area contributed by atoms with Crippen LogP contribution in [0.5, 0.6) is 0 Å². The maximum atomic E-state index is 5.82. The molecule has 3 rings (SSSR count). The molecule has 0 aliphatic carbocycles. The van der Waals surface area contributed by atoms with E-state index in [-0.39, 0.29) is 0 Å². The van der Waals surface area contributed by atoms with Crippen LogP contribution in [0.2, 0.25) is 0 Å². The van der Waals surface area contributed by atoms with Crippen LogP contribution in [0.15, 0.2) is 30.3 Å². The number of fused-ring (bicyclic) bond motifs is 1. The number of hydrogen-bond acceptors (Lipinski definition) is 3. The molecule has 0 radical (unpaired) electrons. The van der Waals surface area contributed by atoms with E-state index in [1.54, 1.807) is 0 Å². The van der Waals surface area contributed by atoms with Crippen LogP contribution in [0.25, 0.3) is 11.3 Å². The minimum absolute atomic E-state index is 0.406.